The molecule has 0 radical (unpaired) electrons. The van der Waals surface area contributed by atoms with Crippen LogP contribution >= 0.6 is 11.6 Å². The van der Waals surface area contributed by atoms with Crippen molar-refractivity contribution in [3.63, 3.8) is 0 Å². The molecule has 2 aromatic carbocycles. The topological polar surface area (TPSA) is 69.7 Å². The molecule has 31 heavy (non-hydrogen) atoms. The van der Waals surface area contributed by atoms with Crippen molar-refractivity contribution < 1.29 is 14.4 Å². The predicted octanol–water partition coefficient (Wildman–Crippen LogP) is 4.13. The fourth-order valence-corrected chi connectivity index (χ4v) is 4.35. The summed E-state index contributed by atoms with van der Waals surface area (Å²) in [6.07, 6.45) is 3.04. The SMILES string of the molecule is CCc1ccc(N2CC(C(=O)Nc3cc(Cl)ccc3C(=O)N3CCCC3)CC2=O)cc1. The number of anilines is 2. The van der Waals surface area contributed by atoms with E-state index in [4.69, 9.17) is 11.6 Å². The summed E-state index contributed by atoms with van der Waals surface area (Å²) in [5.74, 6) is -0.959. The maximum atomic E-state index is 13.0. The van der Waals surface area contributed by atoms with E-state index in [0.29, 0.717) is 22.8 Å². The number of carbonyl (C=O) groups is 3. The molecule has 2 fully saturated rings. The van der Waals surface area contributed by atoms with Crippen LogP contribution in [0.1, 0.15) is 42.1 Å². The summed E-state index contributed by atoms with van der Waals surface area (Å²) >= 11 is 6.14. The molecule has 6 nitrogen and oxygen atoms in total. The van der Waals surface area contributed by atoms with Gasteiger partial charge in [-0.1, -0.05) is 30.7 Å². The second-order valence-electron chi connectivity index (χ2n) is 8.10. The predicted molar refractivity (Wildman–Crippen MR) is 121 cm³/mol. The number of likely N-dealkylation sites (tertiary alicyclic amines) is 1. The van der Waals surface area contributed by atoms with E-state index in [1.165, 1.54) is 5.56 Å². The highest BCUT2D eigenvalue weighted by Gasteiger charge is 2.35. The minimum atomic E-state index is -0.493. The van der Waals surface area contributed by atoms with E-state index < -0.39 is 5.92 Å². The molecule has 0 aliphatic carbocycles. The monoisotopic (exact) mass is 439 g/mol. The minimum absolute atomic E-state index is 0.0798. The van der Waals surface area contributed by atoms with Crippen molar-refractivity contribution in [3.8, 4) is 0 Å². The Morgan fingerprint density at radius 2 is 1.81 bits per heavy atom. The Labute approximate surface area is 187 Å². The van der Waals surface area contributed by atoms with Crippen molar-refractivity contribution in [2.45, 2.75) is 32.6 Å². The first-order chi connectivity index (χ1) is 15.0. The van der Waals surface area contributed by atoms with Gasteiger partial charge in [0.15, 0.2) is 0 Å². The quantitative estimate of drug-likeness (QED) is 0.761. The zero-order valence-corrected chi connectivity index (χ0v) is 18.3. The van der Waals surface area contributed by atoms with Gasteiger partial charge < -0.3 is 15.1 Å². The maximum Gasteiger partial charge on any atom is 0.255 e. The Morgan fingerprint density at radius 3 is 2.48 bits per heavy atom. The lowest BCUT2D eigenvalue weighted by molar-refractivity contribution is -0.122. The lowest BCUT2D eigenvalue weighted by atomic mass is 10.1. The molecule has 4 rings (SSSR count). The first kappa shape index (κ1) is 21.4. The molecule has 7 heteroatoms. The number of rotatable bonds is 5. The number of hydrogen-bond donors (Lipinski definition) is 1. The van der Waals surface area contributed by atoms with Crippen LogP contribution in [0.2, 0.25) is 5.02 Å². The third-order valence-electron chi connectivity index (χ3n) is 6.02. The Hall–Kier alpha value is -2.86. The Kier molecular flexibility index (Phi) is 6.28. The lowest BCUT2D eigenvalue weighted by Gasteiger charge is -2.19. The Bertz CT molecular complexity index is 1000. The van der Waals surface area contributed by atoms with Crippen molar-refractivity contribution in [1.29, 1.82) is 0 Å². The normalized spacial score (nSPS) is 18.5. The van der Waals surface area contributed by atoms with Gasteiger partial charge in [0.2, 0.25) is 11.8 Å². The van der Waals surface area contributed by atoms with Gasteiger partial charge in [0.1, 0.15) is 0 Å². The van der Waals surface area contributed by atoms with E-state index in [0.717, 1.165) is 38.0 Å². The number of nitrogens with one attached hydrogen (secondary N) is 1. The molecule has 1 unspecified atom stereocenters. The molecular formula is C24H26ClN3O3. The first-order valence-electron chi connectivity index (χ1n) is 10.7. The molecule has 0 saturated carbocycles. The second-order valence-corrected chi connectivity index (χ2v) is 8.54. The summed E-state index contributed by atoms with van der Waals surface area (Å²) in [5.41, 5.74) is 2.81. The number of hydrogen-bond acceptors (Lipinski definition) is 3. The smallest absolute Gasteiger partial charge is 0.255 e. The highest BCUT2D eigenvalue weighted by atomic mass is 35.5. The van der Waals surface area contributed by atoms with Gasteiger partial charge in [-0.15, -0.1) is 0 Å². The molecule has 2 heterocycles. The van der Waals surface area contributed by atoms with Gasteiger partial charge >= 0.3 is 0 Å². The molecule has 1 atom stereocenters. The van der Waals surface area contributed by atoms with Gasteiger partial charge in [0, 0.05) is 36.8 Å². The molecule has 2 aromatic rings. The van der Waals surface area contributed by atoms with Crippen LogP contribution in [-0.4, -0.2) is 42.3 Å². The molecule has 0 bridgehead atoms. The van der Waals surface area contributed by atoms with E-state index in [2.05, 4.69) is 12.2 Å². The van der Waals surface area contributed by atoms with E-state index >= 15 is 0 Å². The highest BCUT2D eigenvalue weighted by molar-refractivity contribution is 6.31. The summed E-state index contributed by atoms with van der Waals surface area (Å²) in [4.78, 5) is 41.9. The molecule has 2 saturated heterocycles. The molecule has 1 N–H and O–H groups in total. The summed E-state index contributed by atoms with van der Waals surface area (Å²) in [5, 5.41) is 3.30. The highest BCUT2D eigenvalue weighted by Crippen LogP contribution is 2.29. The zero-order chi connectivity index (χ0) is 22.0. The van der Waals surface area contributed by atoms with Crippen molar-refractivity contribution in [3.05, 3.63) is 58.6 Å². The minimum Gasteiger partial charge on any atom is -0.339 e. The second kappa shape index (κ2) is 9.10. The third-order valence-corrected chi connectivity index (χ3v) is 6.25. The number of halogens is 1. The van der Waals surface area contributed by atoms with Crippen LogP contribution in [0.5, 0.6) is 0 Å². The number of amides is 3. The van der Waals surface area contributed by atoms with Crippen molar-refractivity contribution in [1.82, 2.24) is 4.90 Å². The van der Waals surface area contributed by atoms with Crippen LogP contribution in [0.25, 0.3) is 0 Å². The number of aryl methyl sites for hydroxylation is 1. The molecule has 162 valence electrons. The fourth-order valence-electron chi connectivity index (χ4n) is 4.18. The van der Waals surface area contributed by atoms with Gasteiger partial charge in [-0.3, -0.25) is 14.4 Å². The van der Waals surface area contributed by atoms with Crippen LogP contribution < -0.4 is 10.2 Å². The van der Waals surface area contributed by atoms with E-state index in [9.17, 15) is 14.4 Å². The fraction of sp³-hybridized carbons (Fsp3) is 0.375. The largest absolute Gasteiger partial charge is 0.339 e. The van der Waals surface area contributed by atoms with Crippen LogP contribution in [-0.2, 0) is 16.0 Å². The van der Waals surface area contributed by atoms with Gasteiger partial charge in [0.05, 0.1) is 17.2 Å². The number of nitrogens with zero attached hydrogens (tertiary/aromatic N) is 2. The van der Waals surface area contributed by atoms with E-state index in [-0.39, 0.29) is 24.1 Å². The van der Waals surface area contributed by atoms with Crippen molar-refractivity contribution >= 4 is 40.7 Å². The van der Waals surface area contributed by atoms with Crippen molar-refractivity contribution in [2.75, 3.05) is 29.9 Å². The summed E-state index contributed by atoms with van der Waals surface area (Å²) in [7, 11) is 0. The average molecular weight is 440 g/mol. The van der Waals surface area contributed by atoms with Crippen LogP contribution in [0.15, 0.2) is 42.5 Å². The van der Waals surface area contributed by atoms with E-state index in [1.54, 1.807) is 28.0 Å². The van der Waals surface area contributed by atoms with E-state index in [1.807, 2.05) is 24.3 Å². The number of carbonyl (C=O) groups excluding carboxylic acids is 3. The molecule has 2 aliphatic rings. The van der Waals surface area contributed by atoms with Gasteiger partial charge in [-0.2, -0.15) is 0 Å². The Balaban J connectivity index is 1.49. The number of benzene rings is 2. The maximum absolute atomic E-state index is 13.0. The zero-order valence-electron chi connectivity index (χ0n) is 17.6. The standard InChI is InChI=1S/C24H26ClN3O3/c1-2-16-5-8-19(9-6-16)28-15-17(13-22(28)29)23(30)26-21-14-18(25)7-10-20(21)24(31)27-11-3-4-12-27/h5-10,14,17H,2-4,11-13,15H2,1H3,(H,26,30). The first-order valence-corrected chi connectivity index (χ1v) is 11.1. The lowest BCUT2D eigenvalue weighted by Crippen LogP contribution is -2.31. The molecule has 3 amide bonds. The molecule has 0 aromatic heterocycles. The van der Waals surface area contributed by atoms with Gasteiger partial charge in [-0.05, 0) is 55.2 Å². The Morgan fingerprint density at radius 1 is 1.10 bits per heavy atom. The third kappa shape index (κ3) is 4.59. The summed E-state index contributed by atoms with van der Waals surface area (Å²) < 4.78 is 0. The molecule has 2 aliphatic heterocycles. The van der Waals surface area contributed by atoms with Crippen molar-refractivity contribution in [2.24, 2.45) is 5.92 Å². The van der Waals surface area contributed by atoms with Crippen LogP contribution in [0.4, 0.5) is 11.4 Å². The van der Waals surface area contributed by atoms with Crippen LogP contribution in [0, 0.1) is 5.92 Å². The van der Waals surface area contributed by atoms with Gasteiger partial charge in [0.25, 0.3) is 5.91 Å². The average Bonchev–Trinajstić information content (AvgIpc) is 3.44. The van der Waals surface area contributed by atoms with Gasteiger partial charge in [-0.25, -0.2) is 0 Å². The summed E-state index contributed by atoms with van der Waals surface area (Å²) in [6.45, 7) is 3.83. The van der Waals surface area contributed by atoms with Crippen LogP contribution in [0.3, 0.4) is 0 Å². The summed E-state index contributed by atoms with van der Waals surface area (Å²) in [6, 6.07) is 12.7. The molecular weight excluding hydrogens is 414 g/mol. The molecule has 0 spiro atoms.